The van der Waals surface area contributed by atoms with E-state index in [1.807, 2.05) is 12.1 Å². The number of benzene rings is 1. The van der Waals surface area contributed by atoms with Gasteiger partial charge in [0.25, 0.3) is 5.56 Å². The van der Waals surface area contributed by atoms with Crippen LogP contribution in [0.1, 0.15) is 12.8 Å². The molecule has 29 heavy (non-hydrogen) atoms. The van der Waals surface area contributed by atoms with Gasteiger partial charge in [-0.15, -0.1) is 0 Å². The highest BCUT2D eigenvalue weighted by Gasteiger charge is 2.30. The summed E-state index contributed by atoms with van der Waals surface area (Å²) in [5.74, 6) is 0.730. The Labute approximate surface area is 171 Å². The third-order valence-electron chi connectivity index (χ3n) is 6.07. The van der Waals surface area contributed by atoms with Crippen LogP contribution in [0, 0.1) is 0 Å². The predicted molar refractivity (Wildman–Crippen MR) is 112 cm³/mol. The van der Waals surface area contributed by atoms with E-state index < -0.39 is 5.60 Å². The fourth-order valence-corrected chi connectivity index (χ4v) is 4.07. The Hall–Kier alpha value is -2.00. The molecular weight excluding hydrogens is 370 g/mol. The van der Waals surface area contributed by atoms with E-state index in [0.717, 1.165) is 51.6 Å². The van der Waals surface area contributed by atoms with Crippen LogP contribution in [-0.2, 0) is 6.54 Å². The highest BCUT2D eigenvalue weighted by Crippen LogP contribution is 2.21. The summed E-state index contributed by atoms with van der Waals surface area (Å²) in [6.07, 6.45) is 2.81. The van der Waals surface area contributed by atoms with Crippen LogP contribution in [0.4, 0.5) is 0 Å². The Balaban J connectivity index is 1.40. The molecule has 2 aliphatic rings. The number of rotatable bonds is 6. The second-order valence-corrected chi connectivity index (χ2v) is 8.32. The van der Waals surface area contributed by atoms with Crippen LogP contribution in [0.3, 0.4) is 0 Å². The molecule has 0 radical (unpaired) electrons. The fourth-order valence-electron chi connectivity index (χ4n) is 4.07. The van der Waals surface area contributed by atoms with Crippen molar-refractivity contribution in [1.82, 2.24) is 24.7 Å². The summed E-state index contributed by atoms with van der Waals surface area (Å²) in [7, 11) is 2.15. The zero-order valence-corrected chi connectivity index (χ0v) is 17.1. The molecule has 0 spiro atoms. The van der Waals surface area contributed by atoms with Gasteiger partial charge in [-0.2, -0.15) is 0 Å². The first-order valence-corrected chi connectivity index (χ1v) is 10.5. The minimum atomic E-state index is -0.850. The van der Waals surface area contributed by atoms with Gasteiger partial charge >= 0.3 is 0 Å². The van der Waals surface area contributed by atoms with Crippen LogP contribution in [0.15, 0.2) is 29.3 Å². The van der Waals surface area contributed by atoms with E-state index in [2.05, 4.69) is 27.1 Å². The number of fused-ring (bicyclic) bond motifs is 1. The molecule has 2 aromatic rings. The number of aromatic nitrogens is 2. The minimum absolute atomic E-state index is 0.119. The van der Waals surface area contributed by atoms with E-state index in [1.165, 1.54) is 4.57 Å². The maximum Gasteiger partial charge on any atom is 0.261 e. The maximum atomic E-state index is 12.8. The van der Waals surface area contributed by atoms with E-state index in [1.54, 1.807) is 12.4 Å². The van der Waals surface area contributed by atoms with Gasteiger partial charge in [-0.05, 0) is 45.1 Å². The first-order valence-electron chi connectivity index (χ1n) is 10.5. The van der Waals surface area contributed by atoms with Crippen LogP contribution in [0.25, 0.3) is 10.9 Å². The van der Waals surface area contributed by atoms with Crippen molar-refractivity contribution >= 4 is 10.9 Å². The Kier molecular flexibility index (Phi) is 6.15. The Morgan fingerprint density at radius 2 is 1.97 bits per heavy atom. The number of piperidine rings is 1. The molecule has 0 amide bonds. The molecule has 8 heteroatoms. The van der Waals surface area contributed by atoms with E-state index in [9.17, 15) is 9.90 Å². The molecule has 158 valence electrons. The number of nitrogens with one attached hydrogen (secondary N) is 1. The molecule has 4 rings (SSSR count). The highest BCUT2D eigenvalue weighted by atomic mass is 16.5. The van der Waals surface area contributed by atoms with Gasteiger partial charge in [0.1, 0.15) is 12.4 Å². The van der Waals surface area contributed by atoms with Crippen LogP contribution in [0.2, 0.25) is 0 Å². The molecule has 0 unspecified atom stereocenters. The van der Waals surface area contributed by atoms with Gasteiger partial charge in [0.05, 0.1) is 29.4 Å². The summed E-state index contributed by atoms with van der Waals surface area (Å²) in [5, 5.41) is 14.5. The number of piperazine rings is 1. The third kappa shape index (κ3) is 4.95. The van der Waals surface area contributed by atoms with Crippen molar-refractivity contribution in [2.45, 2.75) is 25.0 Å². The van der Waals surface area contributed by atoms with Gasteiger partial charge < -0.3 is 20.1 Å². The molecule has 0 atom stereocenters. The van der Waals surface area contributed by atoms with Crippen LogP contribution >= 0.6 is 0 Å². The summed E-state index contributed by atoms with van der Waals surface area (Å²) in [6, 6.07) is 5.43. The lowest BCUT2D eigenvalue weighted by atomic mass is 9.92. The zero-order valence-electron chi connectivity index (χ0n) is 17.1. The first-order chi connectivity index (χ1) is 14.0. The summed E-state index contributed by atoms with van der Waals surface area (Å²) in [4.78, 5) is 22.0. The van der Waals surface area contributed by atoms with Gasteiger partial charge in [0.15, 0.2) is 0 Å². The molecule has 0 saturated carbocycles. The van der Waals surface area contributed by atoms with E-state index in [-0.39, 0.29) is 12.1 Å². The highest BCUT2D eigenvalue weighted by molar-refractivity contribution is 5.78. The quantitative estimate of drug-likeness (QED) is 0.712. The summed E-state index contributed by atoms with van der Waals surface area (Å²) < 4.78 is 7.43. The predicted octanol–water partition coefficient (Wildman–Crippen LogP) is 0.137. The Morgan fingerprint density at radius 3 is 2.72 bits per heavy atom. The van der Waals surface area contributed by atoms with Gasteiger partial charge in [-0.25, -0.2) is 4.98 Å². The maximum absolute atomic E-state index is 12.8. The monoisotopic (exact) mass is 401 g/mol. The lowest BCUT2D eigenvalue weighted by molar-refractivity contribution is -0.00627. The molecule has 8 nitrogen and oxygen atoms in total. The van der Waals surface area contributed by atoms with Gasteiger partial charge in [0, 0.05) is 38.8 Å². The molecule has 0 aliphatic carbocycles. The minimum Gasteiger partial charge on any atom is -0.492 e. The SMILES string of the molecule is CN1CCN(CCOc2ccc3c(=O)n(CC4(O)CCNCC4)cnc3c2)CC1. The molecule has 1 aromatic heterocycles. The standard InChI is InChI=1S/C21H31N5O3/c1-24-8-10-25(11-9-24)12-13-29-17-2-3-18-19(14-17)23-16-26(20(18)27)15-21(28)4-6-22-7-5-21/h2-3,14,16,22,28H,4-13,15H2,1H3. The van der Waals surface area contributed by atoms with Crippen molar-refractivity contribution in [3.05, 3.63) is 34.9 Å². The number of hydrogen-bond donors (Lipinski definition) is 2. The number of nitrogens with zero attached hydrogens (tertiary/aromatic N) is 4. The molecule has 0 bridgehead atoms. The van der Waals surface area contributed by atoms with Crippen LogP contribution < -0.4 is 15.6 Å². The summed E-state index contributed by atoms with van der Waals surface area (Å²) >= 11 is 0. The topological polar surface area (TPSA) is 82.9 Å². The number of aliphatic hydroxyl groups is 1. The van der Waals surface area contributed by atoms with Gasteiger partial charge in [-0.1, -0.05) is 0 Å². The number of hydrogen-bond acceptors (Lipinski definition) is 7. The van der Waals surface area contributed by atoms with Crippen molar-refractivity contribution in [2.75, 3.05) is 59.5 Å². The third-order valence-corrected chi connectivity index (χ3v) is 6.07. The molecule has 2 saturated heterocycles. The molecule has 2 aliphatic heterocycles. The van der Waals surface area contributed by atoms with Crippen molar-refractivity contribution < 1.29 is 9.84 Å². The summed E-state index contributed by atoms with van der Waals surface area (Å²) in [6.45, 7) is 7.65. The second-order valence-electron chi connectivity index (χ2n) is 8.32. The Morgan fingerprint density at radius 1 is 1.21 bits per heavy atom. The average Bonchev–Trinajstić information content (AvgIpc) is 2.72. The first kappa shape index (κ1) is 20.3. The van der Waals surface area contributed by atoms with Crippen LogP contribution in [-0.4, -0.2) is 89.5 Å². The van der Waals surface area contributed by atoms with Crippen molar-refractivity contribution in [3.8, 4) is 5.75 Å². The molecular formula is C21H31N5O3. The van der Waals surface area contributed by atoms with Crippen molar-refractivity contribution in [3.63, 3.8) is 0 Å². The smallest absolute Gasteiger partial charge is 0.261 e. The second kappa shape index (κ2) is 8.79. The molecule has 3 heterocycles. The van der Waals surface area contributed by atoms with E-state index in [4.69, 9.17) is 4.74 Å². The van der Waals surface area contributed by atoms with E-state index in [0.29, 0.717) is 30.4 Å². The average molecular weight is 402 g/mol. The molecule has 2 fully saturated rings. The van der Waals surface area contributed by atoms with Crippen LogP contribution in [0.5, 0.6) is 5.75 Å². The Bertz CT molecular complexity index is 886. The van der Waals surface area contributed by atoms with Crippen molar-refractivity contribution in [1.29, 1.82) is 0 Å². The zero-order chi connectivity index (χ0) is 20.3. The fraction of sp³-hybridized carbons (Fsp3) is 0.619. The largest absolute Gasteiger partial charge is 0.492 e. The van der Waals surface area contributed by atoms with Crippen molar-refractivity contribution in [2.24, 2.45) is 0 Å². The van der Waals surface area contributed by atoms with E-state index >= 15 is 0 Å². The normalized spacial score (nSPS) is 20.8. The molecule has 1 aromatic carbocycles. The van der Waals surface area contributed by atoms with Gasteiger partial charge in [-0.3, -0.25) is 14.3 Å². The molecule has 2 N–H and O–H groups in total. The lowest BCUT2D eigenvalue weighted by Gasteiger charge is -2.32. The summed E-state index contributed by atoms with van der Waals surface area (Å²) in [5.41, 5.74) is -0.344. The lowest BCUT2D eigenvalue weighted by Crippen LogP contribution is -2.46. The number of likely N-dealkylation sites (N-methyl/N-ethyl adjacent to an activating group) is 1. The number of ether oxygens (including phenoxy) is 1. The van der Waals surface area contributed by atoms with Gasteiger partial charge in [0.2, 0.25) is 0 Å².